The summed E-state index contributed by atoms with van der Waals surface area (Å²) in [5.74, 6) is 0. The predicted octanol–water partition coefficient (Wildman–Crippen LogP) is 13.2. The highest BCUT2D eigenvalue weighted by molar-refractivity contribution is 6.24. The molecule has 3 nitrogen and oxygen atoms in total. The topological polar surface area (TPSA) is 22.5 Å². The first-order chi connectivity index (χ1) is 25.3. The van der Waals surface area contributed by atoms with E-state index in [2.05, 4.69) is 167 Å². The lowest BCUT2D eigenvalue weighted by Crippen LogP contribution is -1.93. The number of hydrogen-bond acceptors (Lipinski definition) is 1. The van der Waals surface area contributed by atoms with Crippen molar-refractivity contribution in [1.29, 1.82) is 0 Å². The van der Waals surface area contributed by atoms with E-state index >= 15 is 0 Å². The monoisotopic (exact) mass is 648 g/mol. The lowest BCUT2D eigenvalue weighted by Gasteiger charge is -2.10. The van der Waals surface area contributed by atoms with Gasteiger partial charge in [0.2, 0.25) is 0 Å². The highest BCUT2D eigenvalue weighted by Crippen LogP contribution is 2.42. The van der Waals surface area contributed by atoms with Crippen molar-refractivity contribution in [3.05, 3.63) is 170 Å². The predicted molar refractivity (Wildman–Crippen MR) is 214 cm³/mol. The zero-order valence-electron chi connectivity index (χ0n) is 27.5. The van der Waals surface area contributed by atoms with Crippen molar-refractivity contribution in [3.8, 4) is 27.9 Å². The summed E-state index contributed by atoms with van der Waals surface area (Å²) in [5, 5.41) is 9.98. The van der Waals surface area contributed by atoms with Crippen LogP contribution in [-0.4, -0.2) is 8.97 Å². The first-order valence-corrected chi connectivity index (χ1v) is 17.5. The van der Waals surface area contributed by atoms with Gasteiger partial charge in [0.25, 0.3) is 0 Å². The van der Waals surface area contributed by atoms with Crippen molar-refractivity contribution >= 4 is 81.8 Å². The first kappa shape index (κ1) is 27.0. The second-order valence-corrected chi connectivity index (χ2v) is 13.7. The number of hydrogen-bond donors (Lipinski definition) is 0. The number of nitrogens with zero attached hydrogens (tertiary/aromatic N) is 2. The molecule has 0 spiro atoms. The van der Waals surface area contributed by atoms with Crippen LogP contribution in [0.25, 0.3) is 110 Å². The molecule has 0 N–H and O–H groups in total. The highest BCUT2D eigenvalue weighted by atomic mass is 16.3. The van der Waals surface area contributed by atoms with Gasteiger partial charge in [-0.2, -0.15) is 0 Å². The van der Waals surface area contributed by atoms with Crippen LogP contribution in [0, 0.1) is 0 Å². The zero-order valence-corrected chi connectivity index (χ0v) is 27.5. The van der Waals surface area contributed by atoms with Crippen LogP contribution in [-0.2, 0) is 0 Å². The summed E-state index contributed by atoms with van der Waals surface area (Å²) >= 11 is 0. The van der Waals surface area contributed by atoms with Crippen LogP contribution >= 0.6 is 0 Å². The van der Waals surface area contributed by atoms with Gasteiger partial charge in [0.1, 0.15) is 11.2 Å². The van der Waals surface area contributed by atoms with E-state index < -0.39 is 0 Å². The van der Waals surface area contributed by atoms with E-state index in [4.69, 9.17) is 4.42 Å². The Labute approximate surface area is 292 Å². The minimum Gasteiger partial charge on any atom is -0.456 e. The molecule has 0 amide bonds. The standard InChI is InChI=1S/C48H28N2O/c1-5-13-42-34(9-1)38-25-30(31-20-24-47-39(26-31)37-12-4-8-16-46(37)51-47)19-23-45(38)49(42)33-21-17-29(18-22-33)32-27-40-35-10-2-6-14-43(35)50-44-15-7-3-11-36(44)41(28-32)48(40)50/h1-28H. The third-order valence-corrected chi connectivity index (χ3v) is 11.0. The number of para-hydroxylation sites is 4. The van der Waals surface area contributed by atoms with Gasteiger partial charge in [0.15, 0.2) is 0 Å². The minimum atomic E-state index is 0.918. The molecule has 0 aliphatic rings. The number of rotatable bonds is 3. The summed E-state index contributed by atoms with van der Waals surface area (Å²) in [4.78, 5) is 0. The van der Waals surface area contributed by atoms with Crippen LogP contribution in [0.4, 0.5) is 0 Å². The van der Waals surface area contributed by atoms with Gasteiger partial charge in [0, 0.05) is 48.8 Å². The first-order valence-electron chi connectivity index (χ1n) is 17.5. The maximum atomic E-state index is 6.12. The molecule has 12 rings (SSSR count). The van der Waals surface area contributed by atoms with Crippen molar-refractivity contribution in [1.82, 2.24) is 8.97 Å². The second-order valence-electron chi connectivity index (χ2n) is 13.7. The Bertz CT molecular complexity index is 3270. The van der Waals surface area contributed by atoms with Gasteiger partial charge in [-0.3, -0.25) is 0 Å². The van der Waals surface area contributed by atoms with Gasteiger partial charge in [-0.25, -0.2) is 0 Å². The minimum absolute atomic E-state index is 0.918. The van der Waals surface area contributed by atoms with E-state index in [9.17, 15) is 0 Å². The van der Waals surface area contributed by atoms with E-state index in [-0.39, 0.29) is 0 Å². The van der Waals surface area contributed by atoms with Crippen LogP contribution < -0.4 is 0 Å². The number of furan rings is 1. The molecular weight excluding hydrogens is 621 g/mol. The van der Waals surface area contributed by atoms with Gasteiger partial charge in [0.05, 0.1) is 27.6 Å². The number of aromatic nitrogens is 2. The van der Waals surface area contributed by atoms with Gasteiger partial charge < -0.3 is 13.4 Å². The van der Waals surface area contributed by atoms with Gasteiger partial charge >= 0.3 is 0 Å². The van der Waals surface area contributed by atoms with Crippen LogP contribution in [0.5, 0.6) is 0 Å². The smallest absolute Gasteiger partial charge is 0.135 e. The Hall–Kier alpha value is -6.84. The largest absolute Gasteiger partial charge is 0.456 e. The fourth-order valence-electron chi connectivity index (χ4n) is 8.76. The van der Waals surface area contributed by atoms with Crippen LogP contribution in [0.2, 0.25) is 0 Å². The normalized spacial score (nSPS) is 12.3. The van der Waals surface area contributed by atoms with E-state index in [1.54, 1.807) is 0 Å². The third kappa shape index (κ3) is 3.67. The second kappa shape index (κ2) is 9.87. The maximum Gasteiger partial charge on any atom is 0.135 e. The molecule has 12 aromatic rings. The molecule has 0 unspecified atom stereocenters. The Morgan fingerprint density at radius 1 is 0.314 bits per heavy atom. The molecule has 4 heterocycles. The van der Waals surface area contributed by atoms with E-state index in [1.165, 1.54) is 82.2 Å². The molecule has 3 heteroatoms. The Kier molecular flexibility index (Phi) is 5.23. The Morgan fingerprint density at radius 2 is 0.804 bits per heavy atom. The molecule has 51 heavy (non-hydrogen) atoms. The quantitative estimate of drug-likeness (QED) is 0.187. The fraction of sp³-hybridized carbons (Fsp3) is 0. The van der Waals surface area contributed by atoms with E-state index in [0.717, 1.165) is 27.6 Å². The average Bonchev–Trinajstić information content (AvgIpc) is 3.93. The Balaban J connectivity index is 1.00. The van der Waals surface area contributed by atoms with E-state index in [0.29, 0.717) is 0 Å². The summed E-state index contributed by atoms with van der Waals surface area (Å²) in [6.07, 6.45) is 0. The van der Waals surface area contributed by atoms with Crippen molar-refractivity contribution in [3.63, 3.8) is 0 Å². The molecule has 0 fully saturated rings. The summed E-state index contributed by atoms with van der Waals surface area (Å²) in [6, 6.07) is 61.9. The van der Waals surface area contributed by atoms with Crippen molar-refractivity contribution in [2.24, 2.45) is 0 Å². The zero-order chi connectivity index (χ0) is 33.2. The molecule has 0 saturated carbocycles. The van der Waals surface area contributed by atoms with Crippen molar-refractivity contribution in [2.75, 3.05) is 0 Å². The highest BCUT2D eigenvalue weighted by Gasteiger charge is 2.19. The molecule has 0 saturated heterocycles. The molecule has 0 aliphatic heterocycles. The molecule has 0 atom stereocenters. The molecule has 0 radical (unpaired) electrons. The number of fused-ring (bicyclic) bond motifs is 12. The van der Waals surface area contributed by atoms with Gasteiger partial charge in [-0.15, -0.1) is 0 Å². The summed E-state index contributed by atoms with van der Waals surface area (Å²) in [7, 11) is 0. The van der Waals surface area contributed by atoms with Crippen LogP contribution in [0.1, 0.15) is 0 Å². The average molecular weight is 649 g/mol. The fourth-order valence-corrected chi connectivity index (χ4v) is 8.76. The maximum absolute atomic E-state index is 6.12. The molecular formula is C48H28N2O. The number of benzene rings is 8. The third-order valence-electron chi connectivity index (χ3n) is 11.0. The molecule has 0 bridgehead atoms. The molecule has 8 aromatic carbocycles. The van der Waals surface area contributed by atoms with E-state index in [1.807, 2.05) is 12.1 Å². The lowest BCUT2D eigenvalue weighted by atomic mass is 9.99. The lowest BCUT2D eigenvalue weighted by molar-refractivity contribution is 0.669. The summed E-state index contributed by atoms with van der Waals surface area (Å²) in [5.41, 5.74) is 14.0. The Morgan fingerprint density at radius 3 is 1.51 bits per heavy atom. The SMILES string of the molecule is c1ccc2c(c1)oc1ccc(-c3ccc4c(c3)c3ccccc3n4-c3ccc(-c4cc5c6ccccc6n6c7ccccc7c(c4)c56)cc3)cc12. The van der Waals surface area contributed by atoms with Gasteiger partial charge in [-0.1, -0.05) is 97.1 Å². The van der Waals surface area contributed by atoms with Crippen molar-refractivity contribution in [2.45, 2.75) is 0 Å². The molecule has 0 aliphatic carbocycles. The summed E-state index contributed by atoms with van der Waals surface area (Å²) in [6.45, 7) is 0. The summed E-state index contributed by atoms with van der Waals surface area (Å²) < 4.78 is 11.0. The molecule has 236 valence electrons. The van der Waals surface area contributed by atoms with Crippen molar-refractivity contribution < 1.29 is 4.42 Å². The van der Waals surface area contributed by atoms with Crippen LogP contribution in [0.3, 0.4) is 0 Å². The van der Waals surface area contributed by atoms with Crippen LogP contribution in [0.15, 0.2) is 174 Å². The molecule has 4 aromatic heterocycles. The van der Waals surface area contributed by atoms with Gasteiger partial charge in [-0.05, 0) is 95.1 Å².